The predicted octanol–water partition coefficient (Wildman–Crippen LogP) is 3.76. The van der Waals surface area contributed by atoms with Gasteiger partial charge in [-0.15, -0.1) is 0 Å². The van der Waals surface area contributed by atoms with E-state index < -0.39 is 9.84 Å². The van der Waals surface area contributed by atoms with Gasteiger partial charge in [-0.3, -0.25) is 0 Å². The second-order valence-corrected chi connectivity index (χ2v) is 10.5. The summed E-state index contributed by atoms with van der Waals surface area (Å²) in [5, 5.41) is 5.48. The number of sulfone groups is 1. The summed E-state index contributed by atoms with van der Waals surface area (Å²) in [5.74, 6) is 2.48. The van der Waals surface area contributed by atoms with Gasteiger partial charge in [-0.2, -0.15) is 0 Å². The van der Waals surface area contributed by atoms with E-state index in [1.807, 2.05) is 6.20 Å². The SMILES string of the molecule is CCS(=O)(=O)CC1CN(c2ccc(C(C)C)c3cc(Nc4ccncn4)ncc23)C1. The van der Waals surface area contributed by atoms with Gasteiger partial charge in [0.25, 0.3) is 0 Å². The molecule has 8 heteroatoms. The van der Waals surface area contributed by atoms with Crippen LogP contribution in [0.2, 0.25) is 0 Å². The monoisotopic (exact) mass is 425 g/mol. The molecule has 1 saturated heterocycles. The summed E-state index contributed by atoms with van der Waals surface area (Å²) in [6, 6.07) is 8.18. The van der Waals surface area contributed by atoms with Crippen LogP contribution in [0.4, 0.5) is 17.3 Å². The van der Waals surface area contributed by atoms with Gasteiger partial charge < -0.3 is 10.2 Å². The molecule has 2 aromatic heterocycles. The molecule has 0 radical (unpaired) electrons. The van der Waals surface area contributed by atoms with Crippen molar-refractivity contribution in [2.24, 2.45) is 5.92 Å². The van der Waals surface area contributed by atoms with Crippen molar-refractivity contribution < 1.29 is 8.42 Å². The van der Waals surface area contributed by atoms with Crippen LogP contribution >= 0.6 is 0 Å². The number of hydrogen-bond acceptors (Lipinski definition) is 7. The number of aromatic nitrogens is 3. The highest BCUT2D eigenvalue weighted by molar-refractivity contribution is 7.91. The first-order valence-corrected chi connectivity index (χ1v) is 12.1. The van der Waals surface area contributed by atoms with Crippen LogP contribution in [0.15, 0.2) is 43.0 Å². The topological polar surface area (TPSA) is 88.1 Å². The van der Waals surface area contributed by atoms with Gasteiger partial charge >= 0.3 is 0 Å². The summed E-state index contributed by atoms with van der Waals surface area (Å²) < 4.78 is 23.8. The Morgan fingerprint density at radius 1 is 1.13 bits per heavy atom. The van der Waals surface area contributed by atoms with Crippen molar-refractivity contribution in [2.75, 3.05) is 34.8 Å². The summed E-state index contributed by atoms with van der Waals surface area (Å²) in [7, 11) is -2.94. The molecule has 0 aliphatic carbocycles. The zero-order valence-electron chi connectivity index (χ0n) is 17.5. The van der Waals surface area contributed by atoms with E-state index in [4.69, 9.17) is 0 Å². The van der Waals surface area contributed by atoms with Crippen LogP contribution in [0, 0.1) is 5.92 Å². The molecule has 1 aliphatic heterocycles. The third-order valence-electron chi connectivity index (χ3n) is 5.60. The first kappa shape index (κ1) is 20.5. The molecular weight excluding hydrogens is 398 g/mol. The number of benzene rings is 1. The Balaban J connectivity index is 1.63. The molecule has 0 atom stereocenters. The highest BCUT2D eigenvalue weighted by atomic mass is 32.2. The summed E-state index contributed by atoms with van der Waals surface area (Å²) in [5.41, 5.74) is 2.37. The quantitative estimate of drug-likeness (QED) is 0.616. The Morgan fingerprint density at radius 2 is 1.93 bits per heavy atom. The number of fused-ring (bicyclic) bond motifs is 1. The van der Waals surface area contributed by atoms with Crippen LogP contribution in [0.5, 0.6) is 0 Å². The molecule has 4 rings (SSSR count). The van der Waals surface area contributed by atoms with E-state index in [0.717, 1.165) is 35.4 Å². The van der Waals surface area contributed by atoms with Crippen molar-refractivity contribution in [3.8, 4) is 0 Å². The molecule has 30 heavy (non-hydrogen) atoms. The minimum absolute atomic E-state index is 0.196. The molecule has 1 aliphatic rings. The largest absolute Gasteiger partial charge is 0.370 e. The Kier molecular flexibility index (Phi) is 5.60. The van der Waals surface area contributed by atoms with Crippen LogP contribution in [0.25, 0.3) is 10.8 Å². The molecule has 0 amide bonds. The lowest BCUT2D eigenvalue weighted by Gasteiger charge is -2.41. The normalized spacial score (nSPS) is 14.9. The minimum Gasteiger partial charge on any atom is -0.370 e. The van der Waals surface area contributed by atoms with Crippen LogP contribution in [0.1, 0.15) is 32.3 Å². The highest BCUT2D eigenvalue weighted by Crippen LogP contribution is 2.37. The number of pyridine rings is 1. The number of anilines is 3. The van der Waals surface area contributed by atoms with Crippen LogP contribution in [0.3, 0.4) is 0 Å². The van der Waals surface area contributed by atoms with Gasteiger partial charge in [-0.05, 0) is 35.1 Å². The number of nitrogens with one attached hydrogen (secondary N) is 1. The molecule has 1 N–H and O–H groups in total. The number of nitrogens with zero attached hydrogens (tertiary/aromatic N) is 4. The lowest BCUT2D eigenvalue weighted by Crippen LogP contribution is -2.49. The summed E-state index contributed by atoms with van der Waals surface area (Å²) in [4.78, 5) is 15.0. The van der Waals surface area contributed by atoms with Gasteiger partial charge in [-0.25, -0.2) is 23.4 Å². The molecule has 158 valence electrons. The van der Waals surface area contributed by atoms with E-state index >= 15 is 0 Å². The first-order chi connectivity index (χ1) is 14.4. The van der Waals surface area contributed by atoms with Crippen molar-refractivity contribution >= 4 is 37.9 Å². The summed E-state index contributed by atoms with van der Waals surface area (Å²) >= 11 is 0. The Labute approximate surface area is 177 Å². The average molecular weight is 426 g/mol. The van der Waals surface area contributed by atoms with Gasteiger partial charge in [0.1, 0.15) is 27.8 Å². The molecule has 3 heterocycles. The van der Waals surface area contributed by atoms with E-state index in [2.05, 4.69) is 57.2 Å². The van der Waals surface area contributed by atoms with Crippen molar-refractivity contribution in [1.29, 1.82) is 0 Å². The van der Waals surface area contributed by atoms with Gasteiger partial charge in [0.05, 0.1) is 5.75 Å². The summed E-state index contributed by atoms with van der Waals surface area (Å²) in [6.45, 7) is 7.60. The maximum atomic E-state index is 11.9. The van der Waals surface area contributed by atoms with E-state index in [1.165, 1.54) is 11.9 Å². The van der Waals surface area contributed by atoms with Crippen molar-refractivity contribution in [1.82, 2.24) is 15.0 Å². The van der Waals surface area contributed by atoms with Gasteiger partial charge in [0.15, 0.2) is 0 Å². The molecular formula is C22H27N5O2S. The number of rotatable bonds is 7. The second-order valence-electron chi connectivity index (χ2n) is 8.13. The van der Waals surface area contributed by atoms with Crippen molar-refractivity contribution in [2.45, 2.75) is 26.7 Å². The van der Waals surface area contributed by atoms with E-state index in [0.29, 0.717) is 11.7 Å². The lowest BCUT2D eigenvalue weighted by atomic mass is 9.93. The predicted molar refractivity (Wildman–Crippen MR) is 121 cm³/mol. The Bertz CT molecular complexity index is 1140. The van der Waals surface area contributed by atoms with Crippen LogP contribution in [-0.2, 0) is 9.84 Å². The Morgan fingerprint density at radius 3 is 2.60 bits per heavy atom. The molecule has 0 bridgehead atoms. The van der Waals surface area contributed by atoms with E-state index in [-0.39, 0.29) is 17.4 Å². The smallest absolute Gasteiger partial charge is 0.150 e. The molecule has 0 spiro atoms. The fraction of sp³-hybridized carbons (Fsp3) is 0.409. The third kappa shape index (κ3) is 4.23. The Hall–Kier alpha value is -2.74. The van der Waals surface area contributed by atoms with E-state index in [9.17, 15) is 8.42 Å². The zero-order valence-corrected chi connectivity index (χ0v) is 18.4. The standard InChI is InChI=1S/C22H27N5O2S/c1-4-30(28,29)13-16-11-27(12-16)20-6-5-17(15(2)3)18-9-22(24-10-19(18)20)26-21-7-8-23-14-25-21/h5-10,14-16H,4,11-13H2,1-3H3,(H,23,24,25,26). The van der Waals surface area contributed by atoms with Crippen LogP contribution < -0.4 is 10.2 Å². The summed E-state index contributed by atoms with van der Waals surface area (Å²) in [6.07, 6.45) is 5.09. The van der Waals surface area contributed by atoms with Crippen molar-refractivity contribution in [3.05, 3.63) is 48.5 Å². The molecule has 0 unspecified atom stereocenters. The van der Waals surface area contributed by atoms with Gasteiger partial charge in [-0.1, -0.05) is 26.8 Å². The lowest BCUT2D eigenvalue weighted by molar-refractivity contribution is 0.445. The molecule has 0 saturated carbocycles. The fourth-order valence-electron chi connectivity index (χ4n) is 3.94. The first-order valence-electron chi connectivity index (χ1n) is 10.3. The maximum absolute atomic E-state index is 11.9. The zero-order chi connectivity index (χ0) is 21.3. The van der Waals surface area contributed by atoms with Crippen molar-refractivity contribution in [3.63, 3.8) is 0 Å². The fourth-order valence-corrected chi connectivity index (χ4v) is 5.10. The van der Waals surface area contributed by atoms with E-state index in [1.54, 1.807) is 19.2 Å². The second kappa shape index (κ2) is 8.18. The molecule has 7 nitrogen and oxygen atoms in total. The molecule has 3 aromatic rings. The van der Waals surface area contributed by atoms with Crippen LogP contribution in [-0.4, -0.2) is 48.0 Å². The molecule has 1 aromatic carbocycles. The highest BCUT2D eigenvalue weighted by Gasteiger charge is 2.31. The average Bonchev–Trinajstić information content (AvgIpc) is 2.70. The minimum atomic E-state index is -2.94. The van der Waals surface area contributed by atoms with Gasteiger partial charge in [0, 0.05) is 48.2 Å². The third-order valence-corrected chi connectivity index (χ3v) is 7.46. The number of hydrogen-bond donors (Lipinski definition) is 1. The van der Waals surface area contributed by atoms with Gasteiger partial charge in [0.2, 0.25) is 0 Å². The molecule has 1 fully saturated rings. The maximum Gasteiger partial charge on any atom is 0.150 e.